The molecule has 0 unspecified atom stereocenters. The molecule has 0 fully saturated rings. The van der Waals surface area contributed by atoms with Crippen molar-refractivity contribution in [1.82, 2.24) is 5.32 Å². The van der Waals surface area contributed by atoms with Crippen LogP contribution in [0.2, 0.25) is 0 Å². The van der Waals surface area contributed by atoms with E-state index in [1.165, 1.54) is 0 Å². The molecular formula is C18H25NO4. The SMILES string of the molecule is COCCOc1ccc(C#CCCNC(=O)OC(C)(C)C)cc1. The van der Waals surface area contributed by atoms with E-state index in [0.717, 1.165) is 11.3 Å². The molecule has 0 saturated carbocycles. The highest BCUT2D eigenvalue weighted by Crippen LogP contribution is 2.11. The third-order valence-electron chi connectivity index (χ3n) is 2.56. The zero-order valence-corrected chi connectivity index (χ0v) is 14.3. The van der Waals surface area contributed by atoms with Crippen LogP contribution < -0.4 is 10.1 Å². The lowest BCUT2D eigenvalue weighted by atomic mass is 10.2. The summed E-state index contributed by atoms with van der Waals surface area (Å²) in [7, 11) is 1.64. The minimum Gasteiger partial charge on any atom is -0.491 e. The maximum atomic E-state index is 11.4. The molecule has 1 aromatic carbocycles. The molecule has 0 aliphatic rings. The summed E-state index contributed by atoms with van der Waals surface area (Å²) in [6.45, 7) is 7.03. The first-order valence-corrected chi connectivity index (χ1v) is 7.58. The fourth-order valence-electron chi connectivity index (χ4n) is 1.58. The maximum Gasteiger partial charge on any atom is 0.407 e. The van der Waals surface area contributed by atoms with E-state index in [1.54, 1.807) is 7.11 Å². The summed E-state index contributed by atoms with van der Waals surface area (Å²) in [6.07, 6.45) is 0.141. The third kappa shape index (κ3) is 9.43. The van der Waals surface area contributed by atoms with Crippen molar-refractivity contribution in [2.75, 3.05) is 26.9 Å². The number of amides is 1. The average Bonchev–Trinajstić information content (AvgIpc) is 2.47. The fourth-order valence-corrected chi connectivity index (χ4v) is 1.58. The lowest BCUT2D eigenvalue weighted by Crippen LogP contribution is -2.32. The number of hydrogen-bond donors (Lipinski definition) is 1. The van der Waals surface area contributed by atoms with Crippen molar-refractivity contribution in [1.29, 1.82) is 0 Å². The van der Waals surface area contributed by atoms with E-state index in [1.807, 2.05) is 45.0 Å². The maximum absolute atomic E-state index is 11.4. The first-order valence-electron chi connectivity index (χ1n) is 7.58. The average molecular weight is 319 g/mol. The Morgan fingerprint density at radius 1 is 1.17 bits per heavy atom. The molecule has 0 radical (unpaired) electrons. The zero-order chi connectivity index (χ0) is 17.1. The molecule has 5 heteroatoms. The Hall–Kier alpha value is -2.19. The highest BCUT2D eigenvalue weighted by molar-refractivity contribution is 5.67. The van der Waals surface area contributed by atoms with Crippen LogP contribution in [-0.4, -0.2) is 38.6 Å². The summed E-state index contributed by atoms with van der Waals surface area (Å²) in [4.78, 5) is 11.4. The first-order chi connectivity index (χ1) is 10.9. The first kappa shape index (κ1) is 18.9. The number of ether oxygens (including phenoxy) is 3. The summed E-state index contributed by atoms with van der Waals surface area (Å²) in [5, 5.41) is 2.67. The Bertz CT molecular complexity index is 535. The van der Waals surface area contributed by atoms with Crippen LogP contribution in [0.5, 0.6) is 5.75 Å². The predicted molar refractivity (Wildman–Crippen MR) is 89.5 cm³/mol. The summed E-state index contributed by atoms with van der Waals surface area (Å²) < 4.78 is 15.5. The molecule has 0 aromatic heterocycles. The Labute approximate surface area is 138 Å². The fraction of sp³-hybridized carbons (Fsp3) is 0.500. The van der Waals surface area contributed by atoms with Gasteiger partial charge >= 0.3 is 6.09 Å². The summed E-state index contributed by atoms with van der Waals surface area (Å²) in [5.41, 5.74) is 0.421. The number of carbonyl (C=O) groups is 1. The van der Waals surface area contributed by atoms with Crippen molar-refractivity contribution in [3.8, 4) is 17.6 Å². The van der Waals surface area contributed by atoms with Crippen molar-refractivity contribution in [2.45, 2.75) is 32.8 Å². The molecule has 0 saturated heterocycles. The summed E-state index contributed by atoms with van der Waals surface area (Å²) >= 11 is 0. The van der Waals surface area contributed by atoms with Crippen LogP contribution in [0.4, 0.5) is 4.79 Å². The molecule has 0 spiro atoms. The van der Waals surface area contributed by atoms with Gasteiger partial charge in [0.05, 0.1) is 6.61 Å². The highest BCUT2D eigenvalue weighted by Gasteiger charge is 2.15. The second kappa shape index (κ2) is 9.75. The van der Waals surface area contributed by atoms with E-state index in [-0.39, 0.29) is 0 Å². The minimum atomic E-state index is -0.483. The Morgan fingerprint density at radius 2 is 1.87 bits per heavy atom. The van der Waals surface area contributed by atoms with Gasteiger partial charge in [0.15, 0.2) is 0 Å². The molecule has 1 N–H and O–H groups in total. The highest BCUT2D eigenvalue weighted by atomic mass is 16.6. The van der Waals surface area contributed by atoms with Gasteiger partial charge in [-0.2, -0.15) is 0 Å². The molecule has 5 nitrogen and oxygen atoms in total. The lowest BCUT2D eigenvalue weighted by Gasteiger charge is -2.19. The predicted octanol–water partition coefficient (Wildman–Crippen LogP) is 2.98. The molecule has 1 rings (SSSR count). The standard InChI is InChI=1S/C18H25NO4/c1-18(2,3)23-17(20)19-12-6-5-7-15-8-10-16(11-9-15)22-14-13-21-4/h8-11H,6,12-14H2,1-4H3,(H,19,20). The van der Waals surface area contributed by atoms with Gasteiger partial charge in [0.2, 0.25) is 0 Å². The molecule has 1 amide bonds. The quantitative estimate of drug-likeness (QED) is 0.647. The van der Waals surface area contributed by atoms with Gasteiger partial charge in [-0.05, 0) is 45.0 Å². The zero-order valence-electron chi connectivity index (χ0n) is 14.3. The molecule has 23 heavy (non-hydrogen) atoms. The van der Waals surface area contributed by atoms with E-state index in [0.29, 0.717) is 26.2 Å². The van der Waals surface area contributed by atoms with Crippen LogP contribution in [-0.2, 0) is 9.47 Å². The van der Waals surface area contributed by atoms with E-state index in [2.05, 4.69) is 17.2 Å². The van der Waals surface area contributed by atoms with Gasteiger partial charge in [-0.15, -0.1) is 0 Å². The molecule has 126 valence electrons. The minimum absolute atomic E-state index is 0.420. The van der Waals surface area contributed by atoms with Gasteiger partial charge in [0, 0.05) is 25.6 Å². The van der Waals surface area contributed by atoms with Crippen LogP contribution in [0, 0.1) is 11.8 Å². The largest absolute Gasteiger partial charge is 0.491 e. The van der Waals surface area contributed by atoms with Crippen LogP contribution in [0.15, 0.2) is 24.3 Å². The number of hydrogen-bond acceptors (Lipinski definition) is 4. The van der Waals surface area contributed by atoms with Crippen molar-refractivity contribution in [2.24, 2.45) is 0 Å². The lowest BCUT2D eigenvalue weighted by molar-refractivity contribution is 0.0529. The van der Waals surface area contributed by atoms with Gasteiger partial charge in [0.25, 0.3) is 0 Å². The summed E-state index contributed by atoms with van der Waals surface area (Å²) in [6, 6.07) is 7.55. The topological polar surface area (TPSA) is 56.8 Å². The molecule has 0 aliphatic carbocycles. The number of benzene rings is 1. The number of nitrogens with one attached hydrogen (secondary N) is 1. The molecule has 1 aromatic rings. The smallest absolute Gasteiger partial charge is 0.407 e. The van der Waals surface area contributed by atoms with Crippen molar-refractivity contribution in [3.05, 3.63) is 29.8 Å². The number of methoxy groups -OCH3 is 1. The number of carbonyl (C=O) groups excluding carboxylic acids is 1. The van der Waals surface area contributed by atoms with Gasteiger partial charge < -0.3 is 19.5 Å². The monoisotopic (exact) mass is 319 g/mol. The van der Waals surface area contributed by atoms with Gasteiger partial charge in [-0.3, -0.25) is 0 Å². The Balaban J connectivity index is 2.29. The van der Waals surface area contributed by atoms with E-state index >= 15 is 0 Å². The van der Waals surface area contributed by atoms with Gasteiger partial charge in [0.1, 0.15) is 18.0 Å². The number of alkyl carbamates (subject to hydrolysis) is 1. The third-order valence-corrected chi connectivity index (χ3v) is 2.56. The van der Waals surface area contributed by atoms with E-state index in [4.69, 9.17) is 14.2 Å². The van der Waals surface area contributed by atoms with Crippen LogP contribution in [0.1, 0.15) is 32.8 Å². The van der Waals surface area contributed by atoms with Gasteiger partial charge in [-0.25, -0.2) is 4.79 Å². The van der Waals surface area contributed by atoms with E-state index < -0.39 is 11.7 Å². The molecule has 0 aliphatic heterocycles. The van der Waals surface area contributed by atoms with Crippen LogP contribution in [0.25, 0.3) is 0 Å². The molecule has 0 atom stereocenters. The molecular weight excluding hydrogens is 294 g/mol. The second-order valence-electron chi connectivity index (χ2n) is 5.85. The summed E-state index contributed by atoms with van der Waals surface area (Å²) in [5.74, 6) is 6.84. The van der Waals surface area contributed by atoms with Crippen molar-refractivity contribution in [3.63, 3.8) is 0 Å². The second-order valence-corrected chi connectivity index (χ2v) is 5.85. The van der Waals surface area contributed by atoms with Crippen molar-refractivity contribution >= 4 is 6.09 Å². The molecule has 0 bridgehead atoms. The van der Waals surface area contributed by atoms with Gasteiger partial charge in [-0.1, -0.05) is 11.8 Å². The molecule has 0 heterocycles. The Kier molecular flexibility index (Phi) is 8.00. The van der Waals surface area contributed by atoms with Crippen LogP contribution >= 0.6 is 0 Å². The van der Waals surface area contributed by atoms with Crippen LogP contribution in [0.3, 0.4) is 0 Å². The number of rotatable bonds is 6. The normalized spacial score (nSPS) is 10.4. The van der Waals surface area contributed by atoms with E-state index in [9.17, 15) is 4.79 Å². The Morgan fingerprint density at radius 3 is 2.48 bits per heavy atom. The van der Waals surface area contributed by atoms with Crippen molar-refractivity contribution < 1.29 is 19.0 Å².